The van der Waals surface area contributed by atoms with Crippen LogP contribution in [0.4, 0.5) is 0 Å². The average molecular weight is 289 g/mol. The van der Waals surface area contributed by atoms with E-state index in [-0.39, 0.29) is 0 Å². The summed E-state index contributed by atoms with van der Waals surface area (Å²) in [5, 5.41) is 18.3. The number of aliphatic hydroxyl groups is 1. The van der Waals surface area contributed by atoms with Crippen LogP contribution in [0.3, 0.4) is 0 Å². The van der Waals surface area contributed by atoms with Gasteiger partial charge in [0.05, 0.1) is 6.20 Å². The highest BCUT2D eigenvalue weighted by Crippen LogP contribution is 2.61. The molecule has 4 aliphatic rings. The lowest BCUT2D eigenvalue weighted by atomic mass is 9.49. The van der Waals surface area contributed by atoms with E-state index in [4.69, 9.17) is 0 Å². The SMILES string of the molecule is CC(C)(O)c1cn(CCC23CC4CC(CC(C4)C2)C3)nn1. The Morgan fingerprint density at radius 1 is 1.19 bits per heavy atom. The van der Waals surface area contributed by atoms with E-state index in [2.05, 4.69) is 10.3 Å². The summed E-state index contributed by atoms with van der Waals surface area (Å²) in [7, 11) is 0. The smallest absolute Gasteiger partial charge is 0.114 e. The van der Waals surface area contributed by atoms with Gasteiger partial charge in [0.25, 0.3) is 0 Å². The molecule has 0 saturated heterocycles. The van der Waals surface area contributed by atoms with Crippen LogP contribution in [0.5, 0.6) is 0 Å². The van der Waals surface area contributed by atoms with Crippen molar-refractivity contribution in [3.05, 3.63) is 11.9 Å². The number of nitrogens with zero attached hydrogens (tertiary/aromatic N) is 3. The zero-order chi connectivity index (χ0) is 14.7. The monoisotopic (exact) mass is 289 g/mol. The van der Waals surface area contributed by atoms with Crippen molar-refractivity contribution >= 4 is 0 Å². The first-order chi connectivity index (χ1) is 9.92. The lowest BCUT2D eigenvalue weighted by molar-refractivity contribution is -0.0596. The highest BCUT2D eigenvalue weighted by Gasteiger charge is 2.50. The molecule has 21 heavy (non-hydrogen) atoms. The van der Waals surface area contributed by atoms with Crippen molar-refractivity contribution in [3.63, 3.8) is 0 Å². The average Bonchev–Trinajstić information content (AvgIpc) is 2.83. The van der Waals surface area contributed by atoms with E-state index in [0.717, 1.165) is 24.3 Å². The van der Waals surface area contributed by atoms with Gasteiger partial charge in [0.15, 0.2) is 0 Å². The minimum atomic E-state index is -0.890. The largest absolute Gasteiger partial charge is 0.384 e. The summed E-state index contributed by atoms with van der Waals surface area (Å²) in [6.07, 6.45) is 12.0. The molecule has 4 aliphatic carbocycles. The minimum Gasteiger partial charge on any atom is -0.384 e. The van der Waals surface area contributed by atoms with Gasteiger partial charge in [0, 0.05) is 6.54 Å². The third-order valence-corrected chi connectivity index (χ3v) is 6.20. The molecule has 4 bridgehead atoms. The molecule has 4 heteroatoms. The van der Waals surface area contributed by atoms with Gasteiger partial charge in [-0.05, 0) is 82.0 Å². The molecule has 1 aromatic rings. The molecule has 4 fully saturated rings. The van der Waals surface area contributed by atoms with E-state index in [1.54, 1.807) is 13.8 Å². The van der Waals surface area contributed by atoms with Crippen LogP contribution < -0.4 is 0 Å². The molecule has 116 valence electrons. The Morgan fingerprint density at radius 2 is 1.76 bits per heavy atom. The van der Waals surface area contributed by atoms with Gasteiger partial charge < -0.3 is 5.11 Å². The summed E-state index contributed by atoms with van der Waals surface area (Å²) in [6, 6.07) is 0. The number of rotatable bonds is 4. The third-order valence-electron chi connectivity index (χ3n) is 6.20. The molecule has 0 aliphatic heterocycles. The van der Waals surface area contributed by atoms with Crippen LogP contribution >= 0.6 is 0 Å². The van der Waals surface area contributed by atoms with Crippen molar-refractivity contribution in [1.29, 1.82) is 0 Å². The van der Waals surface area contributed by atoms with Crippen molar-refractivity contribution in [2.45, 2.75) is 70.9 Å². The molecule has 0 amide bonds. The molecule has 0 spiro atoms. The second-order valence-corrected chi connectivity index (χ2v) is 8.59. The van der Waals surface area contributed by atoms with E-state index in [0.29, 0.717) is 11.1 Å². The predicted molar refractivity (Wildman–Crippen MR) is 80.5 cm³/mol. The van der Waals surface area contributed by atoms with Crippen molar-refractivity contribution in [1.82, 2.24) is 15.0 Å². The summed E-state index contributed by atoms with van der Waals surface area (Å²) in [5.41, 5.74) is 0.377. The van der Waals surface area contributed by atoms with Gasteiger partial charge in [-0.15, -0.1) is 5.10 Å². The Kier molecular flexibility index (Phi) is 2.97. The molecular formula is C17H27N3O. The topological polar surface area (TPSA) is 50.9 Å². The van der Waals surface area contributed by atoms with E-state index >= 15 is 0 Å². The van der Waals surface area contributed by atoms with Crippen molar-refractivity contribution in [2.24, 2.45) is 23.2 Å². The summed E-state index contributed by atoms with van der Waals surface area (Å²) in [6.45, 7) is 4.48. The van der Waals surface area contributed by atoms with E-state index in [1.807, 2.05) is 10.9 Å². The normalized spacial score (nSPS) is 38.1. The fourth-order valence-corrected chi connectivity index (χ4v) is 5.64. The number of aromatic nitrogens is 3. The summed E-state index contributed by atoms with van der Waals surface area (Å²) in [4.78, 5) is 0. The van der Waals surface area contributed by atoms with Crippen LogP contribution in [0.1, 0.15) is 64.5 Å². The lowest BCUT2D eigenvalue weighted by Crippen LogP contribution is -2.46. The second kappa shape index (κ2) is 4.55. The van der Waals surface area contributed by atoms with Gasteiger partial charge in [-0.25, -0.2) is 0 Å². The first-order valence-electron chi connectivity index (χ1n) is 8.55. The van der Waals surface area contributed by atoms with Crippen LogP contribution in [-0.2, 0) is 12.1 Å². The van der Waals surface area contributed by atoms with Crippen molar-refractivity contribution < 1.29 is 5.11 Å². The Balaban J connectivity index is 1.44. The van der Waals surface area contributed by atoms with Crippen LogP contribution in [0.15, 0.2) is 6.20 Å². The Labute approximate surface area is 126 Å². The fraction of sp³-hybridized carbons (Fsp3) is 0.882. The minimum absolute atomic E-state index is 0.593. The molecule has 0 atom stereocenters. The zero-order valence-corrected chi connectivity index (χ0v) is 13.3. The maximum absolute atomic E-state index is 9.98. The molecule has 4 nitrogen and oxygen atoms in total. The maximum atomic E-state index is 9.98. The second-order valence-electron chi connectivity index (χ2n) is 8.59. The number of hydrogen-bond donors (Lipinski definition) is 1. The molecule has 1 aromatic heterocycles. The van der Waals surface area contributed by atoms with Crippen LogP contribution in [0.25, 0.3) is 0 Å². The molecular weight excluding hydrogens is 262 g/mol. The molecule has 1 N–H and O–H groups in total. The highest BCUT2D eigenvalue weighted by atomic mass is 16.3. The Hall–Kier alpha value is -0.900. The summed E-state index contributed by atoms with van der Waals surface area (Å²) in [5.74, 6) is 3.04. The first kappa shape index (κ1) is 13.7. The Morgan fingerprint density at radius 3 is 2.24 bits per heavy atom. The molecule has 0 radical (unpaired) electrons. The van der Waals surface area contributed by atoms with Crippen molar-refractivity contribution in [3.8, 4) is 0 Å². The molecule has 0 unspecified atom stereocenters. The van der Waals surface area contributed by atoms with Crippen LogP contribution in [-0.4, -0.2) is 20.1 Å². The number of hydrogen-bond acceptors (Lipinski definition) is 3. The van der Waals surface area contributed by atoms with E-state index in [1.165, 1.54) is 44.9 Å². The Bertz CT molecular complexity index is 493. The van der Waals surface area contributed by atoms with Gasteiger partial charge >= 0.3 is 0 Å². The highest BCUT2D eigenvalue weighted by molar-refractivity contribution is 5.04. The summed E-state index contributed by atoms with van der Waals surface area (Å²) < 4.78 is 1.94. The molecule has 0 aromatic carbocycles. The lowest BCUT2D eigenvalue weighted by Gasteiger charge is -2.57. The number of aryl methyl sites for hydroxylation is 1. The van der Waals surface area contributed by atoms with Crippen molar-refractivity contribution in [2.75, 3.05) is 0 Å². The van der Waals surface area contributed by atoms with Crippen LogP contribution in [0.2, 0.25) is 0 Å². The van der Waals surface area contributed by atoms with Gasteiger partial charge in [-0.3, -0.25) is 4.68 Å². The fourth-order valence-electron chi connectivity index (χ4n) is 5.64. The van der Waals surface area contributed by atoms with Gasteiger partial charge in [-0.2, -0.15) is 0 Å². The zero-order valence-electron chi connectivity index (χ0n) is 13.3. The standard InChI is InChI=1S/C17H27N3O/c1-16(2,21)15-11-20(19-18-15)4-3-17-8-12-5-13(9-17)7-14(6-12)10-17/h11-14,21H,3-10H2,1-2H3. The van der Waals surface area contributed by atoms with Gasteiger partial charge in [-0.1, -0.05) is 5.21 Å². The predicted octanol–water partition coefficient (Wildman–Crippen LogP) is 3.11. The van der Waals surface area contributed by atoms with Gasteiger partial charge in [0.2, 0.25) is 0 Å². The molecule has 5 rings (SSSR count). The van der Waals surface area contributed by atoms with Crippen LogP contribution in [0, 0.1) is 23.2 Å². The molecule has 1 heterocycles. The maximum Gasteiger partial charge on any atom is 0.114 e. The summed E-state index contributed by atoms with van der Waals surface area (Å²) >= 11 is 0. The van der Waals surface area contributed by atoms with Gasteiger partial charge in [0.1, 0.15) is 11.3 Å². The van der Waals surface area contributed by atoms with E-state index in [9.17, 15) is 5.11 Å². The first-order valence-corrected chi connectivity index (χ1v) is 8.55. The quantitative estimate of drug-likeness (QED) is 0.926. The van der Waals surface area contributed by atoms with E-state index < -0.39 is 5.60 Å². The molecule has 4 saturated carbocycles. The third kappa shape index (κ3) is 2.52.